The van der Waals surface area contributed by atoms with Crippen LogP contribution in [0.5, 0.6) is 17.2 Å². The molecule has 0 aliphatic heterocycles. The lowest BCUT2D eigenvalue weighted by atomic mass is 10.1. The third-order valence-electron chi connectivity index (χ3n) is 4.76. The van der Waals surface area contributed by atoms with Gasteiger partial charge in [-0.2, -0.15) is 0 Å². The molecule has 3 rings (SSSR count). The summed E-state index contributed by atoms with van der Waals surface area (Å²) in [5.74, 6) is 0.973. The van der Waals surface area contributed by atoms with Gasteiger partial charge >= 0.3 is 6.16 Å². The third kappa shape index (κ3) is 8.35. The third-order valence-corrected chi connectivity index (χ3v) is 4.76. The zero-order valence-corrected chi connectivity index (χ0v) is 20.1. The van der Waals surface area contributed by atoms with E-state index in [9.17, 15) is 14.4 Å². The van der Waals surface area contributed by atoms with Crippen LogP contribution in [-0.2, 0) is 16.1 Å². The highest BCUT2D eigenvalue weighted by atomic mass is 16.7. The number of carbonyl (C=O) groups is 3. The predicted molar refractivity (Wildman–Crippen MR) is 133 cm³/mol. The molecule has 0 radical (unpaired) electrons. The minimum atomic E-state index is -0.804. The molecule has 9 heteroatoms. The first-order chi connectivity index (χ1) is 17.5. The van der Waals surface area contributed by atoms with Gasteiger partial charge in [0.15, 0.2) is 6.61 Å². The average Bonchev–Trinajstić information content (AvgIpc) is 2.88. The number of anilines is 1. The van der Waals surface area contributed by atoms with Gasteiger partial charge in [-0.25, -0.2) is 4.79 Å². The van der Waals surface area contributed by atoms with Crippen LogP contribution in [0.2, 0.25) is 0 Å². The Hall–Kier alpha value is -4.53. The Labute approximate surface area is 209 Å². The van der Waals surface area contributed by atoms with Crippen molar-refractivity contribution in [3.8, 4) is 17.2 Å². The number of benzene rings is 3. The van der Waals surface area contributed by atoms with Gasteiger partial charge in [-0.05, 0) is 80.1 Å². The number of amides is 2. The molecule has 0 aliphatic carbocycles. The van der Waals surface area contributed by atoms with E-state index in [0.717, 1.165) is 11.3 Å². The van der Waals surface area contributed by atoms with Gasteiger partial charge in [0.2, 0.25) is 0 Å². The molecule has 0 atom stereocenters. The molecule has 0 aliphatic rings. The number of carbonyl (C=O) groups excluding carboxylic acids is 3. The maximum Gasteiger partial charge on any atom is 0.513 e. The molecule has 3 aromatic rings. The number of hydrogen-bond acceptors (Lipinski definition) is 7. The Morgan fingerprint density at radius 2 is 1.44 bits per heavy atom. The molecule has 9 nitrogen and oxygen atoms in total. The highest BCUT2D eigenvalue weighted by Crippen LogP contribution is 2.18. The Kier molecular flexibility index (Phi) is 9.69. The quantitative estimate of drug-likeness (QED) is 0.298. The second-order valence-electron chi connectivity index (χ2n) is 7.43. The van der Waals surface area contributed by atoms with Crippen molar-refractivity contribution in [3.63, 3.8) is 0 Å². The first-order valence-electron chi connectivity index (χ1n) is 11.4. The first kappa shape index (κ1) is 26.1. The van der Waals surface area contributed by atoms with Gasteiger partial charge in [-0.3, -0.25) is 9.59 Å². The fourth-order valence-corrected chi connectivity index (χ4v) is 3.08. The van der Waals surface area contributed by atoms with Gasteiger partial charge in [0, 0.05) is 17.8 Å². The second kappa shape index (κ2) is 13.4. The van der Waals surface area contributed by atoms with Crippen molar-refractivity contribution in [3.05, 3.63) is 83.9 Å². The average molecular weight is 493 g/mol. The van der Waals surface area contributed by atoms with Crippen LogP contribution < -0.4 is 24.8 Å². The van der Waals surface area contributed by atoms with E-state index >= 15 is 0 Å². The molecule has 0 aromatic heterocycles. The van der Waals surface area contributed by atoms with Crippen molar-refractivity contribution < 1.29 is 33.3 Å². The monoisotopic (exact) mass is 492 g/mol. The fraction of sp³-hybridized carbons (Fsp3) is 0.222. The van der Waals surface area contributed by atoms with E-state index in [1.165, 1.54) is 12.1 Å². The van der Waals surface area contributed by atoms with E-state index in [-0.39, 0.29) is 37.3 Å². The lowest BCUT2D eigenvalue weighted by Gasteiger charge is -2.10. The van der Waals surface area contributed by atoms with Crippen molar-refractivity contribution in [2.75, 3.05) is 25.1 Å². The van der Waals surface area contributed by atoms with Crippen LogP contribution in [0.3, 0.4) is 0 Å². The van der Waals surface area contributed by atoms with E-state index in [1.54, 1.807) is 61.5 Å². The maximum atomic E-state index is 12.6. The van der Waals surface area contributed by atoms with Gasteiger partial charge in [0.1, 0.15) is 17.2 Å². The van der Waals surface area contributed by atoms with Crippen LogP contribution in [0, 0.1) is 0 Å². The highest BCUT2D eigenvalue weighted by Gasteiger charge is 2.10. The topological polar surface area (TPSA) is 112 Å². The van der Waals surface area contributed by atoms with Crippen molar-refractivity contribution in [1.29, 1.82) is 0 Å². The van der Waals surface area contributed by atoms with E-state index in [1.807, 2.05) is 13.0 Å². The molecule has 0 unspecified atom stereocenters. The Morgan fingerprint density at radius 1 is 0.778 bits per heavy atom. The molecular formula is C27H28N2O7. The summed E-state index contributed by atoms with van der Waals surface area (Å²) in [5, 5.41) is 5.60. The minimum Gasteiger partial charge on any atom is -0.494 e. The van der Waals surface area contributed by atoms with E-state index in [4.69, 9.17) is 18.9 Å². The van der Waals surface area contributed by atoms with Crippen LogP contribution in [-0.4, -0.2) is 37.8 Å². The summed E-state index contributed by atoms with van der Waals surface area (Å²) < 4.78 is 20.6. The van der Waals surface area contributed by atoms with Gasteiger partial charge in [0.25, 0.3) is 11.8 Å². The van der Waals surface area contributed by atoms with Crippen LogP contribution in [0.25, 0.3) is 0 Å². The Morgan fingerprint density at radius 3 is 2.11 bits per heavy atom. The van der Waals surface area contributed by atoms with E-state index in [0.29, 0.717) is 23.6 Å². The lowest BCUT2D eigenvalue weighted by Crippen LogP contribution is -2.28. The van der Waals surface area contributed by atoms with E-state index < -0.39 is 6.16 Å². The van der Waals surface area contributed by atoms with Gasteiger partial charge in [0.05, 0.1) is 13.2 Å². The summed E-state index contributed by atoms with van der Waals surface area (Å²) in [6.45, 7) is 4.52. The summed E-state index contributed by atoms with van der Waals surface area (Å²) in [6, 6.07) is 20.3. The predicted octanol–water partition coefficient (Wildman–Crippen LogP) is 4.57. The molecule has 188 valence electrons. The molecule has 3 aromatic carbocycles. The molecule has 2 amide bonds. The first-order valence-corrected chi connectivity index (χ1v) is 11.4. The highest BCUT2D eigenvalue weighted by molar-refractivity contribution is 6.04. The summed E-state index contributed by atoms with van der Waals surface area (Å²) >= 11 is 0. The zero-order valence-electron chi connectivity index (χ0n) is 20.1. The van der Waals surface area contributed by atoms with Crippen molar-refractivity contribution in [2.45, 2.75) is 20.4 Å². The maximum absolute atomic E-state index is 12.6. The second-order valence-corrected chi connectivity index (χ2v) is 7.43. The summed E-state index contributed by atoms with van der Waals surface area (Å²) in [6.07, 6.45) is -0.804. The van der Waals surface area contributed by atoms with Gasteiger partial charge in [-0.1, -0.05) is 12.1 Å². The van der Waals surface area contributed by atoms with Crippen molar-refractivity contribution in [2.24, 2.45) is 0 Å². The van der Waals surface area contributed by atoms with Crippen LogP contribution >= 0.6 is 0 Å². The molecule has 0 bridgehead atoms. The summed E-state index contributed by atoms with van der Waals surface area (Å²) in [4.78, 5) is 36.1. The SMILES string of the molecule is CCOC(=O)Oc1ccc(C(=O)Nc2cccc(CNC(=O)COc3ccc(OCC)cc3)c2)cc1. The van der Waals surface area contributed by atoms with Crippen molar-refractivity contribution >= 4 is 23.7 Å². The van der Waals surface area contributed by atoms with Crippen LogP contribution in [0.15, 0.2) is 72.8 Å². The standard InChI is InChI=1S/C27H28N2O7/c1-3-33-22-12-14-23(15-13-22)35-18-25(30)28-17-19-6-5-7-21(16-19)29-26(31)20-8-10-24(11-9-20)36-27(32)34-4-2/h5-16H,3-4,17-18H2,1-2H3,(H,28,30)(H,29,31). The number of hydrogen-bond donors (Lipinski definition) is 2. The molecule has 0 fully saturated rings. The normalized spacial score (nSPS) is 10.2. The summed E-state index contributed by atoms with van der Waals surface area (Å²) in [5.41, 5.74) is 1.76. The number of rotatable bonds is 11. The molecule has 0 spiro atoms. The van der Waals surface area contributed by atoms with E-state index in [2.05, 4.69) is 10.6 Å². The van der Waals surface area contributed by atoms with Gasteiger partial charge in [-0.15, -0.1) is 0 Å². The Bertz CT molecular complexity index is 1160. The molecular weight excluding hydrogens is 464 g/mol. The van der Waals surface area contributed by atoms with Crippen LogP contribution in [0.4, 0.5) is 10.5 Å². The van der Waals surface area contributed by atoms with Crippen molar-refractivity contribution in [1.82, 2.24) is 5.32 Å². The fourth-order valence-electron chi connectivity index (χ4n) is 3.08. The number of nitrogens with one attached hydrogen (secondary N) is 2. The molecule has 0 saturated heterocycles. The zero-order chi connectivity index (χ0) is 25.8. The Balaban J connectivity index is 1.46. The smallest absolute Gasteiger partial charge is 0.494 e. The molecule has 0 saturated carbocycles. The minimum absolute atomic E-state index is 0.125. The molecule has 0 heterocycles. The largest absolute Gasteiger partial charge is 0.513 e. The molecule has 36 heavy (non-hydrogen) atoms. The summed E-state index contributed by atoms with van der Waals surface area (Å²) in [7, 11) is 0. The number of ether oxygens (including phenoxy) is 4. The van der Waals surface area contributed by atoms with Crippen LogP contribution in [0.1, 0.15) is 29.8 Å². The van der Waals surface area contributed by atoms with Gasteiger partial charge < -0.3 is 29.6 Å². The molecule has 2 N–H and O–H groups in total. The lowest BCUT2D eigenvalue weighted by molar-refractivity contribution is -0.123.